The number of nitrogens with one attached hydrogen (secondary N) is 1. The standard InChI is InChI=1S/C14H22N2O3S/c1-11-4-3-5-12(2)16(11)15-20(18,19)14-8-6-13(10-17)7-9-14/h6-9,11-12,15,17H,3-5,10H2,1-2H3. The van der Waals surface area contributed by atoms with E-state index < -0.39 is 10.0 Å². The van der Waals surface area contributed by atoms with E-state index in [1.54, 1.807) is 12.1 Å². The van der Waals surface area contributed by atoms with Crippen LogP contribution in [0.5, 0.6) is 0 Å². The summed E-state index contributed by atoms with van der Waals surface area (Å²) in [5, 5.41) is 10.8. The maximum absolute atomic E-state index is 12.4. The molecule has 20 heavy (non-hydrogen) atoms. The Kier molecular flexibility index (Phi) is 4.80. The van der Waals surface area contributed by atoms with Gasteiger partial charge in [0.05, 0.1) is 11.5 Å². The fourth-order valence-corrected chi connectivity index (χ4v) is 3.80. The van der Waals surface area contributed by atoms with Gasteiger partial charge in [-0.3, -0.25) is 0 Å². The van der Waals surface area contributed by atoms with Crippen molar-refractivity contribution in [2.75, 3.05) is 0 Å². The fraction of sp³-hybridized carbons (Fsp3) is 0.571. The average molecular weight is 298 g/mol. The summed E-state index contributed by atoms with van der Waals surface area (Å²) in [6.07, 6.45) is 3.12. The number of benzene rings is 1. The third-order valence-electron chi connectivity index (χ3n) is 3.84. The monoisotopic (exact) mass is 298 g/mol. The van der Waals surface area contributed by atoms with Gasteiger partial charge in [-0.15, -0.1) is 4.83 Å². The Morgan fingerprint density at radius 1 is 1.20 bits per heavy atom. The molecule has 1 aromatic rings. The molecule has 0 saturated carbocycles. The lowest BCUT2D eigenvalue weighted by molar-refractivity contribution is 0.0790. The smallest absolute Gasteiger partial charge is 0.253 e. The van der Waals surface area contributed by atoms with Gasteiger partial charge in [0.2, 0.25) is 0 Å². The minimum absolute atomic E-state index is 0.0893. The molecular formula is C14H22N2O3S. The van der Waals surface area contributed by atoms with Gasteiger partial charge in [-0.05, 0) is 44.4 Å². The molecule has 0 aromatic heterocycles. The summed E-state index contributed by atoms with van der Waals surface area (Å²) in [5.41, 5.74) is 0.698. The summed E-state index contributed by atoms with van der Waals surface area (Å²) < 4.78 is 24.8. The van der Waals surface area contributed by atoms with E-state index in [1.807, 2.05) is 18.9 Å². The fourth-order valence-electron chi connectivity index (χ4n) is 2.57. The molecule has 1 fully saturated rings. The zero-order valence-corrected chi connectivity index (χ0v) is 12.7. The van der Waals surface area contributed by atoms with E-state index in [2.05, 4.69) is 4.83 Å². The zero-order chi connectivity index (χ0) is 14.8. The van der Waals surface area contributed by atoms with Crippen molar-refractivity contribution in [2.45, 2.75) is 56.7 Å². The maximum Gasteiger partial charge on any atom is 0.253 e. The van der Waals surface area contributed by atoms with Gasteiger partial charge in [0.25, 0.3) is 10.0 Å². The van der Waals surface area contributed by atoms with Crippen LogP contribution < -0.4 is 4.83 Å². The normalized spacial score (nSPS) is 24.8. The first-order valence-electron chi connectivity index (χ1n) is 6.94. The molecule has 1 aromatic carbocycles. The topological polar surface area (TPSA) is 69.6 Å². The average Bonchev–Trinajstić information content (AvgIpc) is 2.43. The Labute approximate surface area is 120 Å². The van der Waals surface area contributed by atoms with Crippen molar-refractivity contribution in [3.05, 3.63) is 29.8 Å². The molecule has 0 radical (unpaired) electrons. The van der Waals surface area contributed by atoms with Crippen LogP contribution in [0.2, 0.25) is 0 Å². The van der Waals surface area contributed by atoms with Gasteiger partial charge in [-0.1, -0.05) is 18.6 Å². The molecule has 0 spiro atoms. The SMILES string of the molecule is CC1CCCC(C)N1NS(=O)(=O)c1ccc(CO)cc1. The molecule has 1 heterocycles. The number of hydrazine groups is 1. The number of rotatable bonds is 4. The quantitative estimate of drug-likeness (QED) is 0.886. The third kappa shape index (κ3) is 3.38. The molecule has 0 bridgehead atoms. The van der Waals surface area contributed by atoms with E-state index in [4.69, 9.17) is 5.11 Å². The Bertz CT molecular complexity index is 532. The third-order valence-corrected chi connectivity index (χ3v) is 5.18. The van der Waals surface area contributed by atoms with E-state index in [1.165, 1.54) is 12.1 Å². The number of piperidine rings is 1. The Hall–Kier alpha value is -0.950. The first kappa shape index (κ1) is 15.4. The molecule has 0 amide bonds. The summed E-state index contributed by atoms with van der Waals surface area (Å²) in [5.74, 6) is 0. The second-order valence-electron chi connectivity index (χ2n) is 5.43. The molecule has 2 rings (SSSR count). The molecule has 112 valence electrons. The lowest BCUT2D eigenvalue weighted by atomic mass is 10.0. The predicted octanol–water partition coefficient (Wildman–Crippen LogP) is 1.64. The lowest BCUT2D eigenvalue weighted by Crippen LogP contribution is -2.53. The van der Waals surface area contributed by atoms with Crippen LogP contribution in [0.4, 0.5) is 0 Å². The van der Waals surface area contributed by atoms with E-state index in [-0.39, 0.29) is 23.6 Å². The Balaban J connectivity index is 2.17. The maximum atomic E-state index is 12.4. The second kappa shape index (κ2) is 6.22. The van der Waals surface area contributed by atoms with Gasteiger partial charge in [0, 0.05) is 12.1 Å². The van der Waals surface area contributed by atoms with Crippen LogP contribution in [0.15, 0.2) is 29.2 Å². The van der Waals surface area contributed by atoms with Crippen LogP contribution in [0, 0.1) is 0 Å². The minimum Gasteiger partial charge on any atom is -0.392 e. The molecule has 5 nitrogen and oxygen atoms in total. The molecule has 2 N–H and O–H groups in total. The van der Waals surface area contributed by atoms with Crippen molar-refractivity contribution in [1.82, 2.24) is 9.84 Å². The van der Waals surface area contributed by atoms with Crippen LogP contribution in [0.1, 0.15) is 38.7 Å². The van der Waals surface area contributed by atoms with Crippen molar-refractivity contribution in [1.29, 1.82) is 0 Å². The summed E-state index contributed by atoms with van der Waals surface area (Å²) in [4.78, 5) is 2.91. The number of hydrogen-bond acceptors (Lipinski definition) is 4. The van der Waals surface area contributed by atoms with E-state index in [0.29, 0.717) is 5.56 Å². The van der Waals surface area contributed by atoms with Gasteiger partial charge in [0.15, 0.2) is 0 Å². The van der Waals surface area contributed by atoms with Crippen LogP contribution in [0.3, 0.4) is 0 Å². The zero-order valence-electron chi connectivity index (χ0n) is 11.9. The highest BCUT2D eigenvalue weighted by Gasteiger charge is 2.29. The Morgan fingerprint density at radius 3 is 2.25 bits per heavy atom. The van der Waals surface area contributed by atoms with Crippen molar-refractivity contribution < 1.29 is 13.5 Å². The molecule has 1 aliphatic rings. The van der Waals surface area contributed by atoms with Crippen molar-refractivity contribution in [3.63, 3.8) is 0 Å². The van der Waals surface area contributed by atoms with E-state index in [0.717, 1.165) is 19.3 Å². The summed E-state index contributed by atoms with van der Waals surface area (Å²) in [6, 6.07) is 6.69. The number of aliphatic hydroxyl groups excluding tert-OH is 1. The number of sulfonamides is 1. The molecule has 1 saturated heterocycles. The van der Waals surface area contributed by atoms with Gasteiger partial charge < -0.3 is 5.11 Å². The Morgan fingerprint density at radius 2 is 1.75 bits per heavy atom. The molecule has 2 atom stereocenters. The summed E-state index contributed by atoms with van der Waals surface area (Å²) in [6.45, 7) is 3.98. The van der Waals surface area contributed by atoms with Crippen LogP contribution in [0.25, 0.3) is 0 Å². The van der Waals surface area contributed by atoms with Crippen LogP contribution in [-0.4, -0.2) is 30.6 Å². The largest absolute Gasteiger partial charge is 0.392 e. The van der Waals surface area contributed by atoms with E-state index >= 15 is 0 Å². The highest BCUT2D eigenvalue weighted by molar-refractivity contribution is 7.89. The predicted molar refractivity (Wildman–Crippen MR) is 77.3 cm³/mol. The van der Waals surface area contributed by atoms with Crippen molar-refractivity contribution in [2.24, 2.45) is 0 Å². The summed E-state index contributed by atoms with van der Waals surface area (Å²) in [7, 11) is -3.56. The molecule has 0 aliphatic carbocycles. The first-order valence-corrected chi connectivity index (χ1v) is 8.43. The van der Waals surface area contributed by atoms with Gasteiger partial charge in [-0.25, -0.2) is 13.4 Å². The second-order valence-corrected chi connectivity index (χ2v) is 7.09. The molecule has 1 aliphatic heterocycles. The van der Waals surface area contributed by atoms with Gasteiger partial charge in [0.1, 0.15) is 0 Å². The number of hydrogen-bond donors (Lipinski definition) is 2. The van der Waals surface area contributed by atoms with Crippen LogP contribution in [-0.2, 0) is 16.6 Å². The summed E-state index contributed by atoms with van der Waals surface area (Å²) >= 11 is 0. The molecule has 6 heteroatoms. The first-order chi connectivity index (χ1) is 9.44. The number of nitrogens with zero attached hydrogens (tertiary/aromatic N) is 1. The van der Waals surface area contributed by atoms with E-state index in [9.17, 15) is 8.42 Å². The van der Waals surface area contributed by atoms with Crippen molar-refractivity contribution in [3.8, 4) is 0 Å². The highest BCUT2D eigenvalue weighted by Crippen LogP contribution is 2.22. The van der Waals surface area contributed by atoms with Gasteiger partial charge >= 0.3 is 0 Å². The lowest BCUT2D eigenvalue weighted by Gasteiger charge is -2.38. The van der Waals surface area contributed by atoms with Crippen LogP contribution >= 0.6 is 0 Å². The minimum atomic E-state index is -3.56. The highest BCUT2D eigenvalue weighted by atomic mass is 32.2. The van der Waals surface area contributed by atoms with Crippen molar-refractivity contribution >= 4 is 10.0 Å². The molecule has 2 unspecified atom stereocenters. The van der Waals surface area contributed by atoms with Gasteiger partial charge in [-0.2, -0.15) is 0 Å². The number of aliphatic hydroxyl groups is 1. The molecular weight excluding hydrogens is 276 g/mol.